The van der Waals surface area contributed by atoms with Crippen LogP contribution in [0.5, 0.6) is 0 Å². The maximum atomic E-state index is 12.1. The molecule has 10 nitrogen and oxygen atoms in total. The summed E-state index contributed by atoms with van der Waals surface area (Å²) in [6, 6.07) is 12.3. The number of methoxy groups -OCH3 is 2. The second-order valence-electron chi connectivity index (χ2n) is 6.40. The third-order valence-corrected chi connectivity index (χ3v) is 5.30. The minimum Gasteiger partial charge on any atom is -0.465 e. The maximum Gasteiger partial charge on any atom is 0.339 e. The zero-order valence-corrected chi connectivity index (χ0v) is 18.2. The molecular weight excluding hydrogens is 448 g/mol. The molecule has 1 aromatic heterocycles. The number of thiazole rings is 1. The SMILES string of the molecule is COC(=O)c1ccc(C(=O)OC)c(N/C=C(\C#N)c2nc(-c3cccc([N+](=O)[O-])c3)cs2)c1. The molecule has 0 amide bonds. The van der Waals surface area contributed by atoms with E-state index in [1.54, 1.807) is 17.5 Å². The van der Waals surface area contributed by atoms with Crippen LogP contribution in [0.15, 0.2) is 54.0 Å². The summed E-state index contributed by atoms with van der Waals surface area (Å²) in [6.45, 7) is 0. The van der Waals surface area contributed by atoms with Crippen LogP contribution in [0.3, 0.4) is 0 Å². The largest absolute Gasteiger partial charge is 0.465 e. The van der Waals surface area contributed by atoms with Gasteiger partial charge < -0.3 is 14.8 Å². The number of hydrogen-bond acceptors (Lipinski definition) is 10. The van der Waals surface area contributed by atoms with Crippen molar-refractivity contribution < 1.29 is 24.0 Å². The van der Waals surface area contributed by atoms with E-state index in [1.165, 1.54) is 62.1 Å². The molecule has 3 rings (SSSR count). The Morgan fingerprint density at radius 1 is 1.18 bits per heavy atom. The normalized spacial score (nSPS) is 10.8. The van der Waals surface area contributed by atoms with Crippen molar-refractivity contribution in [2.75, 3.05) is 19.5 Å². The first-order valence-electron chi connectivity index (χ1n) is 9.26. The van der Waals surface area contributed by atoms with E-state index < -0.39 is 16.9 Å². The molecule has 0 saturated carbocycles. The highest BCUT2D eigenvalue weighted by Crippen LogP contribution is 2.28. The van der Waals surface area contributed by atoms with Crippen molar-refractivity contribution in [2.45, 2.75) is 0 Å². The van der Waals surface area contributed by atoms with Crippen LogP contribution in [0.2, 0.25) is 0 Å². The van der Waals surface area contributed by atoms with E-state index in [0.717, 1.165) is 0 Å². The van der Waals surface area contributed by atoms with Gasteiger partial charge in [-0.3, -0.25) is 10.1 Å². The number of non-ortho nitro benzene ring substituents is 1. The molecule has 1 heterocycles. The number of nitrogens with one attached hydrogen (secondary N) is 1. The van der Waals surface area contributed by atoms with E-state index in [-0.39, 0.29) is 28.1 Å². The average Bonchev–Trinajstić information content (AvgIpc) is 3.33. The van der Waals surface area contributed by atoms with Crippen LogP contribution >= 0.6 is 11.3 Å². The molecule has 11 heteroatoms. The van der Waals surface area contributed by atoms with Gasteiger partial charge in [-0.05, 0) is 18.2 Å². The number of aromatic nitrogens is 1. The second kappa shape index (κ2) is 10.2. The molecule has 0 bridgehead atoms. The lowest BCUT2D eigenvalue weighted by Gasteiger charge is -2.10. The summed E-state index contributed by atoms with van der Waals surface area (Å²) in [7, 11) is 2.46. The molecule has 166 valence electrons. The van der Waals surface area contributed by atoms with E-state index in [2.05, 4.69) is 10.3 Å². The van der Waals surface area contributed by atoms with Gasteiger partial charge in [0.1, 0.15) is 16.6 Å². The number of carbonyl (C=O) groups is 2. The Kier molecular flexibility index (Phi) is 7.12. The molecule has 1 N–H and O–H groups in total. The lowest BCUT2D eigenvalue weighted by atomic mass is 10.1. The summed E-state index contributed by atoms with van der Waals surface area (Å²) in [6.07, 6.45) is 1.35. The van der Waals surface area contributed by atoms with E-state index in [4.69, 9.17) is 9.47 Å². The van der Waals surface area contributed by atoms with Crippen molar-refractivity contribution in [2.24, 2.45) is 0 Å². The molecule has 0 atom stereocenters. The van der Waals surface area contributed by atoms with Gasteiger partial charge in [0.25, 0.3) is 5.69 Å². The summed E-state index contributed by atoms with van der Waals surface area (Å²) in [5, 5.41) is 25.5. The van der Waals surface area contributed by atoms with Gasteiger partial charge in [0, 0.05) is 29.3 Å². The highest BCUT2D eigenvalue weighted by Gasteiger charge is 2.16. The Labute approximate surface area is 191 Å². The molecule has 0 aliphatic carbocycles. The summed E-state index contributed by atoms with van der Waals surface area (Å²) in [5.74, 6) is -1.23. The number of esters is 2. The van der Waals surface area contributed by atoms with E-state index in [9.17, 15) is 25.0 Å². The second-order valence-corrected chi connectivity index (χ2v) is 7.26. The van der Waals surface area contributed by atoms with Gasteiger partial charge in [-0.15, -0.1) is 11.3 Å². The first kappa shape index (κ1) is 23.1. The number of nitriles is 1. The Morgan fingerprint density at radius 2 is 1.94 bits per heavy atom. The number of carbonyl (C=O) groups excluding carboxylic acids is 2. The van der Waals surface area contributed by atoms with Crippen molar-refractivity contribution >= 4 is 40.2 Å². The number of anilines is 1. The summed E-state index contributed by atoms with van der Waals surface area (Å²) >= 11 is 1.18. The summed E-state index contributed by atoms with van der Waals surface area (Å²) in [5.41, 5.74) is 1.67. The molecule has 0 saturated heterocycles. The highest BCUT2D eigenvalue weighted by molar-refractivity contribution is 7.11. The quantitative estimate of drug-likeness (QED) is 0.234. The van der Waals surface area contributed by atoms with Gasteiger partial charge in [0.15, 0.2) is 0 Å². The van der Waals surface area contributed by atoms with Crippen LogP contribution < -0.4 is 5.32 Å². The van der Waals surface area contributed by atoms with Crippen molar-refractivity contribution in [3.63, 3.8) is 0 Å². The van der Waals surface area contributed by atoms with Crippen molar-refractivity contribution in [1.29, 1.82) is 5.26 Å². The highest BCUT2D eigenvalue weighted by atomic mass is 32.1. The van der Waals surface area contributed by atoms with Gasteiger partial charge in [0.05, 0.1) is 41.7 Å². The van der Waals surface area contributed by atoms with E-state index in [0.29, 0.717) is 16.3 Å². The average molecular weight is 464 g/mol. The standard InChI is InChI=1S/C22H16N4O6S/c1-31-21(27)14-6-7-17(22(28)32-2)18(9-14)24-11-15(10-23)20-25-19(12-33-20)13-4-3-5-16(8-13)26(29)30/h3-9,11-12,24H,1-2H3/b15-11+. The van der Waals surface area contributed by atoms with Crippen LogP contribution in [0.25, 0.3) is 16.8 Å². The Morgan fingerprint density at radius 3 is 2.61 bits per heavy atom. The maximum absolute atomic E-state index is 12.1. The van der Waals surface area contributed by atoms with Crippen molar-refractivity contribution in [3.8, 4) is 17.3 Å². The zero-order chi connectivity index (χ0) is 24.0. The minimum atomic E-state index is -0.636. The molecule has 0 unspecified atom stereocenters. The first-order valence-corrected chi connectivity index (χ1v) is 10.1. The Hall–Kier alpha value is -4.56. The topological polar surface area (TPSA) is 144 Å². The lowest BCUT2D eigenvalue weighted by molar-refractivity contribution is -0.384. The molecule has 33 heavy (non-hydrogen) atoms. The lowest BCUT2D eigenvalue weighted by Crippen LogP contribution is -2.08. The van der Waals surface area contributed by atoms with Crippen molar-refractivity contribution in [1.82, 2.24) is 4.98 Å². The van der Waals surface area contributed by atoms with Crippen LogP contribution in [0.1, 0.15) is 25.7 Å². The summed E-state index contributed by atoms with van der Waals surface area (Å²) < 4.78 is 9.46. The Balaban J connectivity index is 1.93. The Bertz CT molecular complexity index is 1310. The number of rotatable bonds is 7. The van der Waals surface area contributed by atoms with Crippen molar-refractivity contribution in [3.05, 3.63) is 80.3 Å². The van der Waals surface area contributed by atoms with Crippen LogP contribution in [0, 0.1) is 21.4 Å². The van der Waals surface area contributed by atoms with Crippen LogP contribution in [-0.4, -0.2) is 36.1 Å². The number of benzene rings is 2. The summed E-state index contributed by atoms with van der Waals surface area (Å²) in [4.78, 5) is 38.8. The fraction of sp³-hybridized carbons (Fsp3) is 0.0909. The molecule has 3 aromatic rings. The monoisotopic (exact) mass is 464 g/mol. The minimum absolute atomic E-state index is 0.0689. The van der Waals surface area contributed by atoms with Gasteiger partial charge >= 0.3 is 11.9 Å². The fourth-order valence-electron chi connectivity index (χ4n) is 2.80. The first-order chi connectivity index (χ1) is 15.9. The number of allylic oxidation sites excluding steroid dienone is 1. The predicted octanol–water partition coefficient (Wildman–Crippen LogP) is 4.27. The third-order valence-electron chi connectivity index (χ3n) is 4.43. The fourth-order valence-corrected chi connectivity index (χ4v) is 3.59. The van der Waals surface area contributed by atoms with E-state index in [1.807, 2.05) is 6.07 Å². The molecule has 0 radical (unpaired) electrons. The van der Waals surface area contributed by atoms with Gasteiger partial charge in [-0.25, -0.2) is 14.6 Å². The van der Waals surface area contributed by atoms with E-state index >= 15 is 0 Å². The molecule has 0 aliphatic rings. The van der Waals surface area contributed by atoms with Crippen LogP contribution in [-0.2, 0) is 9.47 Å². The molecule has 2 aromatic carbocycles. The zero-order valence-electron chi connectivity index (χ0n) is 17.4. The van der Waals surface area contributed by atoms with Gasteiger partial charge in [-0.2, -0.15) is 5.26 Å². The van der Waals surface area contributed by atoms with Crippen LogP contribution in [0.4, 0.5) is 11.4 Å². The molecular formula is C22H16N4O6S. The third kappa shape index (κ3) is 5.20. The number of ether oxygens (including phenoxy) is 2. The predicted molar refractivity (Wildman–Crippen MR) is 121 cm³/mol. The molecule has 0 fully saturated rings. The molecule has 0 spiro atoms. The number of nitrogens with zero attached hydrogens (tertiary/aromatic N) is 3. The smallest absolute Gasteiger partial charge is 0.339 e. The number of hydrogen-bond donors (Lipinski definition) is 1. The van der Waals surface area contributed by atoms with Gasteiger partial charge in [-0.1, -0.05) is 12.1 Å². The molecule has 0 aliphatic heterocycles. The number of nitro benzene ring substituents is 1. The number of nitro groups is 1. The van der Waals surface area contributed by atoms with Gasteiger partial charge in [0.2, 0.25) is 0 Å².